The lowest BCUT2D eigenvalue weighted by molar-refractivity contribution is 0.450. The van der Waals surface area contributed by atoms with Gasteiger partial charge in [-0.25, -0.2) is 4.39 Å². The van der Waals surface area contributed by atoms with Crippen LogP contribution in [-0.2, 0) is 6.42 Å². The van der Waals surface area contributed by atoms with Crippen molar-refractivity contribution in [2.24, 2.45) is 5.92 Å². The predicted octanol–water partition coefficient (Wildman–Crippen LogP) is 4.15. The molecular weight excluding hydrogens is 281 g/mol. The summed E-state index contributed by atoms with van der Waals surface area (Å²) >= 11 is 3.27. The summed E-state index contributed by atoms with van der Waals surface area (Å²) in [5.74, 6) is 0.462. The molecule has 0 radical (unpaired) electrons. The van der Waals surface area contributed by atoms with E-state index >= 15 is 0 Å². The summed E-state index contributed by atoms with van der Waals surface area (Å²) in [7, 11) is 0. The minimum absolute atomic E-state index is 0.108. The van der Waals surface area contributed by atoms with Crippen LogP contribution in [0.3, 0.4) is 0 Å². The van der Waals surface area contributed by atoms with Crippen molar-refractivity contribution < 1.29 is 4.39 Å². The highest BCUT2D eigenvalue weighted by Crippen LogP contribution is 2.18. The number of halogens is 2. The van der Waals surface area contributed by atoms with Gasteiger partial charge in [0.25, 0.3) is 0 Å². The topological polar surface area (TPSA) is 12.0 Å². The van der Waals surface area contributed by atoms with Gasteiger partial charge < -0.3 is 5.32 Å². The molecule has 1 N–H and O–H groups in total. The van der Waals surface area contributed by atoms with E-state index in [2.05, 4.69) is 42.0 Å². The van der Waals surface area contributed by atoms with Crippen molar-refractivity contribution >= 4 is 15.9 Å². The van der Waals surface area contributed by atoms with Crippen molar-refractivity contribution in [2.45, 2.75) is 39.7 Å². The van der Waals surface area contributed by atoms with Gasteiger partial charge in [0.2, 0.25) is 0 Å². The highest BCUT2D eigenvalue weighted by Gasteiger charge is 2.07. The molecule has 1 unspecified atom stereocenters. The van der Waals surface area contributed by atoms with Crippen molar-refractivity contribution in [1.29, 1.82) is 0 Å². The Morgan fingerprint density at radius 3 is 2.59 bits per heavy atom. The normalized spacial score (nSPS) is 13.1. The Balaban J connectivity index is 2.39. The van der Waals surface area contributed by atoms with Crippen LogP contribution in [-0.4, -0.2) is 12.6 Å². The first-order chi connectivity index (χ1) is 7.99. The molecule has 1 atom stereocenters. The quantitative estimate of drug-likeness (QED) is 0.832. The Kier molecular flexibility index (Phi) is 6.14. The van der Waals surface area contributed by atoms with Gasteiger partial charge in [-0.1, -0.05) is 42.8 Å². The third-order valence-electron chi connectivity index (χ3n) is 2.80. The highest BCUT2D eigenvalue weighted by molar-refractivity contribution is 9.10. The summed E-state index contributed by atoms with van der Waals surface area (Å²) in [6, 6.07) is 5.81. The summed E-state index contributed by atoms with van der Waals surface area (Å²) in [4.78, 5) is 0. The van der Waals surface area contributed by atoms with Crippen molar-refractivity contribution in [3.8, 4) is 0 Å². The molecule has 0 aliphatic heterocycles. The van der Waals surface area contributed by atoms with Crippen LogP contribution < -0.4 is 5.32 Å². The van der Waals surface area contributed by atoms with E-state index in [0.29, 0.717) is 12.0 Å². The maximum absolute atomic E-state index is 13.6. The lowest BCUT2D eigenvalue weighted by Gasteiger charge is -2.15. The molecule has 0 spiro atoms. The Morgan fingerprint density at radius 1 is 1.29 bits per heavy atom. The number of hydrogen-bond acceptors (Lipinski definition) is 1. The van der Waals surface area contributed by atoms with E-state index < -0.39 is 0 Å². The van der Waals surface area contributed by atoms with E-state index in [0.717, 1.165) is 29.4 Å². The molecule has 0 fully saturated rings. The minimum Gasteiger partial charge on any atom is -0.314 e. The maximum Gasteiger partial charge on any atom is 0.127 e. The van der Waals surface area contributed by atoms with Crippen molar-refractivity contribution in [3.05, 3.63) is 34.1 Å². The molecule has 0 heterocycles. The zero-order valence-electron chi connectivity index (χ0n) is 10.8. The van der Waals surface area contributed by atoms with Crippen LogP contribution in [0.5, 0.6) is 0 Å². The van der Waals surface area contributed by atoms with E-state index in [1.54, 1.807) is 0 Å². The van der Waals surface area contributed by atoms with Crippen LogP contribution in [0.1, 0.15) is 32.8 Å². The lowest BCUT2D eigenvalue weighted by atomic mass is 10.0. The van der Waals surface area contributed by atoms with Gasteiger partial charge in [-0.2, -0.15) is 0 Å². The molecular formula is C14H21BrFN. The van der Waals surface area contributed by atoms with E-state index in [9.17, 15) is 4.39 Å². The summed E-state index contributed by atoms with van der Waals surface area (Å²) < 4.78 is 14.4. The Labute approximate surface area is 112 Å². The largest absolute Gasteiger partial charge is 0.314 e. The number of aryl methyl sites for hydroxylation is 1. The molecule has 0 saturated heterocycles. The number of hydrogen-bond donors (Lipinski definition) is 1. The van der Waals surface area contributed by atoms with Crippen molar-refractivity contribution in [2.75, 3.05) is 6.54 Å². The first-order valence-corrected chi connectivity index (χ1v) is 6.95. The molecule has 0 bridgehead atoms. The first-order valence-electron chi connectivity index (χ1n) is 6.16. The fourth-order valence-electron chi connectivity index (χ4n) is 1.67. The van der Waals surface area contributed by atoms with Crippen LogP contribution in [0.4, 0.5) is 4.39 Å². The molecule has 1 aromatic rings. The van der Waals surface area contributed by atoms with Crippen LogP contribution in [0.2, 0.25) is 0 Å². The van der Waals surface area contributed by atoms with E-state index in [1.165, 1.54) is 6.07 Å². The van der Waals surface area contributed by atoms with Gasteiger partial charge >= 0.3 is 0 Å². The van der Waals surface area contributed by atoms with Crippen LogP contribution in [0.15, 0.2) is 22.7 Å². The average Bonchev–Trinajstić information content (AvgIpc) is 2.25. The maximum atomic E-state index is 13.6. The first kappa shape index (κ1) is 14.7. The zero-order chi connectivity index (χ0) is 12.8. The van der Waals surface area contributed by atoms with Crippen molar-refractivity contribution in [1.82, 2.24) is 5.32 Å². The second-order valence-electron chi connectivity index (χ2n) is 4.94. The Morgan fingerprint density at radius 2 is 2.00 bits per heavy atom. The molecule has 1 nitrogen and oxygen atoms in total. The number of rotatable bonds is 6. The summed E-state index contributed by atoms with van der Waals surface area (Å²) in [6.07, 6.45) is 1.82. The monoisotopic (exact) mass is 301 g/mol. The summed E-state index contributed by atoms with van der Waals surface area (Å²) in [5.41, 5.74) is 0.810. The number of benzene rings is 1. The van der Waals surface area contributed by atoms with Crippen LogP contribution >= 0.6 is 15.9 Å². The van der Waals surface area contributed by atoms with Gasteiger partial charge in [0.1, 0.15) is 5.82 Å². The van der Waals surface area contributed by atoms with E-state index in [4.69, 9.17) is 0 Å². The van der Waals surface area contributed by atoms with Gasteiger partial charge in [-0.15, -0.1) is 0 Å². The lowest BCUT2D eigenvalue weighted by Crippen LogP contribution is -2.28. The standard InChI is InChI=1S/C14H21BrFN/c1-10(2)17-9-11(3)4-5-12-6-7-13(15)8-14(12)16/h6-8,10-11,17H,4-5,9H2,1-3H3. The summed E-state index contributed by atoms with van der Waals surface area (Å²) in [6.45, 7) is 7.48. The minimum atomic E-state index is -0.108. The molecule has 0 aromatic heterocycles. The van der Waals surface area contributed by atoms with Gasteiger partial charge in [0.05, 0.1) is 0 Å². The van der Waals surface area contributed by atoms with Crippen molar-refractivity contribution in [3.63, 3.8) is 0 Å². The average molecular weight is 302 g/mol. The van der Waals surface area contributed by atoms with E-state index in [1.807, 2.05) is 12.1 Å². The second-order valence-corrected chi connectivity index (χ2v) is 5.86. The molecule has 3 heteroatoms. The van der Waals surface area contributed by atoms with Gasteiger partial charge in [-0.05, 0) is 43.0 Å². The molecule has 0 saturated carbocycles. The predicted molar refractivity (Wildman–Crippen MR) is 74.7 cm³/mol. The molecule has 0 aliphatic rings. The van der Waals surface area contributed by atoms with Crippen LogP contribution in [0.25, 0.3) is 0 Å². The molecule has 96 valence electrons. The van der Waals surface area contributed by atoms with Gasteiger partial charge in [0, 0.05) is 10.5 Å². The number of nitrogens with one attached hydrogen (secondary N) is 1. The Hall–Kier alpha value is -0.410. The third kappa shape index (κ3) is 5.64. The molecule has 0 aliphatic carbocycles. The smallest absolute Gasteiger partial charge is 0.127 e. The zero-order valence-corrected chi connectivity index (χ0v) is 12.3. The third-order valence-corrected chi connectivity index (χ3v) is 3.29. The molecule has 17 heavy (non-hydrogen) atoms. The SMILES string of the molecule is CC(CCc1ccc(Br)cc1F)CNC(C)C. The Bertz CT molecular complexity index is 352. The van der Waals surface area contributed by atoms with Crippen LogP contribution in [0, 0.1) is 11.7 Å². The highest BCUT2D eigenvalue weighted by atomic mass is 79.9. The molecule has 1 aromatic carbocycles. The molecule has 1 rings (SSSR count). The fourth-order valence-corrected chi connectivity index (χ4v) is 2.00. The summed E-state index contributed by atoms with van der Waals surface area (Å²) in [5, 5.41) is 3.40. The second kappa shape index (κ2) is 7.12. The van der Waals surface area contributed by atoms with E-state index in [-0.39, 0.29) is 5.82 Å². The molecule has 0 amide bonds. The van der Waals surface area contributed by atoms with Gasteiger partial charge in [0.15, 0.2) is 0 Å². The fraction of sp³-hybridized carbons (Fsp3) is 0.571. The van der Waals surface area contributed by atoms with Gasteiger partial charge in [-0.3, -0.25) is 0 Å².